The highest BCUT2D eigenvalue weighted by Gasteiger charge is 2.19. The van der Waals surface area contributed by atoms with Gasteiger partial charge in [-0.05, 0) is 50.6 Å². The van der Waals surface area contributed by atoms with E-state index in [2.05, 4.69) is 15.7 Å². The van der Waals surface area contributed by atoms with Gasteiger partial charge in [0.2, 0.25) is 17.6 Å². The number of rotatable bonds is 7. The molecule has 11 heteroatoms. The molecule has 4 rings (SSSR count). The van der Waals surface area contributed by atoms with Crippen LogP contribution in [0.3, 0.4) is 0 Å². The Kier molecular flexibility index (Phi) is 6.50. The SMILES string of the molecule is Cc1ccc(NC(=O)Cn2nc3n(CCC(=O)NC(C)C)c(=O)c4ccccc4n3c2=O)cc1F. The molecule has 2 amide bonds. The van der Waals surface area contributed by atoms with Crippen LogP contribution in [-0.2, 0) is 22.7 Å². The van der Waals surface area contributed by atoms with Crippen molar-refractivity contribution in [1.29, 1.82) is 0 Å². The third-order valence-corrected chi connectivity index (χ3v) is 5.45. The van der Waals surface area contributed by atoms with Gasteiger partial charge in [-0.2, -0.15) is 0 Å². The maximum atomic E-state index is 13.8. The van der Waals surface area contributed by atoms with Crippen molar-refractivity contribution in [3.63, 3.8) is 0 Å². The topological polar surface area (TPSA) is 120 Å². The van der Waals surface area contributed by atoms with Crippen LogP contribution in [0.2, 0.25) is 0 Å². The predicted molar refractivity (Wildman–Crippen MR) is 129 cm³/mol. The average Bonchev–Trinajstić information content (AvgIpc) is 3.11. The van der Waals surface area contributed by atoms with Gasteiger partial charge in [0.25, 0.3) is 5.56 Å². The minimum absolute atomic E-state index is 0.00296. The summed E-state index contributed by atoms with van der Waals surface area (Å²) in [6.07, 6.45) is 0.00656. The van der Waals surface area contributed by atoms with Gasteiger partial charge in [-0.25, -0.2) is 18.3 Å². The molecular formula is C24H25FN6O4. The molecule has 182 valence electrons. The lowest BCUT2D eigenvalue weighted by atomic mass is 10.2. The number of hydrogen-bond donors (Lipinski definition) is 2. The summed E-state index contributed by atoms with van der Waals surface area (Å²) in [5.41, 5.74) is -0.00317. The number of aromatic nitrogens is 4. The molecule has 0 spiro atoms. The van der Waals surface area contributed by atoms with E-state index in [1.54, 1.807) is 37.3 Å². The third-order valence-electron chi connectivity index (χ3n) is 5.45. The van der Waals surface area contributed by atoms with Gasteiger partial charge < -0.3 is 10.6 Å². The standard InChI is InChI=1S/C24H25FN6O4/c1-14(2)26-20(32)10-11-29-22(34)17-6-4-5-7-19(17)31-23(29)28-30(24(31)35)13-21(33)27-16-9-8-15(3)18(25)12-16/h4-9,12,14H,10-11,13H2,1-3H3,(H,26,32)(H,27,33). The molecule has 0 bridgehead atoms. The fraction of sp³-hybridized carbons (Fsp3) is 0.292. The fourth-order valence-corrected chi connectivity index (χ4v) is 3.79. The molecule has 0 saturated heterocycles. The van der Waals surface area contributed by atoms with E-state index in [9.17, 15) is 23.6 Å². The summed E-state index contributed by atoms with van der Waals surface area (Å²) < 4.78 is 17.2. The first-order valence-electron chi connectivity index (χ1n) is 11.1. The summed E-state index contributed by atoms with van der Waals surface area (Å²) in [6, 6.07) is 10.8. The van der Waals surface area contributed by atoms with E-state index in [4.69, 9.17) is 0 Å². The van der Waals surface area contributed by atoms with Gasteiger partial charge in [-0.3, -0.25) is 19.0 Å². The zero-order chi connectivity index (χ0) is 25.3. The van der Waals surface area contributed by atoms with Crippen molar-refractivity contribution in [2.24, 2.45) is 0 Å². The van der Waals surface area contributed by atoms with Crippen molar-refractivity contribution in [2.45, 2.75) is 46.3 Å². The maximum Gasteiger partial charge on any atom is 0.352 e. The molecule has 2 N–H and O–H groups in total. The van der Waals surface area contributed by atoms with E-state index in [0.717, 1.165) is 4.68 Å². The largest absolute Gasteiger partial charge is 0.354 e. The summed E-state index contributed by atoms with van der Waals surface area (Å²) in [4.78, 5) is 51.1. The number of amides is 2. The van der Waals surface area contributed by atoms with E-state index in [0.29, 0.717) is 11.1 Å². The first-order valence-corrected chi connectivity index (χ1v) is 11.1. The first-order chi connectivity index (χ1) is 16.7. The van der Waals surface area contributed by atoms with Crippen LogP contribution in [0.15, 0.2) is 52.1 Å². The van der Waals surface area contributed by atoms with Crippen molar-refractivity contribution in [3.05, 3.63) is 74.7 Å². The second-order valence-corrected chi connectivity index (χ2v) is 8.53. The van der Waals surface area contributed by atoms with Crippen LogP contribution >= 0.6 is 0 Å². The molecule has 0 aliphatic heterocycles. The van der Waals surface area contributed by atoms with Crippen LogP contribution in [0.25, 0.3) is 16.7 Å². The zero-order valence-corrected chi connectivity index (χ0v) is 19.5. The highest BCUT2D eigenvalue weighted by molar-refractivity contribution is 5.90. The molecule has 2 aromatic carbocycles. The van der Waals surface area contributed by atoms with E-state index >= 15 is 0 Å². The third kappa shape index (κ3) is 4.84. The molecule has 0 unspecified atom stereocenters. The van der Waals surface area contributed by atoms with Crippen molar-refractivity contribution in [3.8, 4) is 0 Å². The number of fused-ring (bicyclic) bond motifs is 3. The summed E-state index contributed by atoms with van der Waals surface area (Å²) >= 11 is 0. The zero-order valence-electron chi connectivity index (χ0n) is 19.5. The Hall–Kier alpha value is -4.28. The Morgan fingerprint density at radius 2 is 1.83 bits per heavy atom. The molecule has 0 fully saturated rings. The van der Waals surface area contributed by atoms with Crippen molar-refractivity contribution < 1.29 is 14.0 Å². The smallest absolute Gasteiger partial charge is 0.352 e. The Bertz CT molecular complexity index is 1570. The molecule has 10 nitrogen and oxygen atoms in total. The lowest BCUT2D eigenvalue weighted by Gasteiger charge is -2.11. The van der Waals surface area contributed by atoms with Crippen LogP contribution < -0.4 is 21.9 Å². The van der Waals surface area contributed by atoms with Crippen LogP contribution in [0.4, 0.5) is 10.1 Å². The minimum Gasteiger partial charge on any atom is -0.354 e. The van der Waals surface area contributed by atoms with Crippen LogP contribution in [0.5, 0.6) is 0 Å². The molecule has 0 aliphatic rings. The number of benzene rings is 2. The Balaban J connectivity index is 1.72. The van der Waals surface area contributed by atoms with Gasteiger partial charge in [-0.1, -0.05) is 18.2 Å². The van der Waals surface area contributed by atoms with Gasteiger partial charge >= 0.3 is 5.69 Å². The quantitative estimate of drug-likeness (QED) is 0.418. The van der Waals surface area contributed by atoms with Gasteiger partial charge in [0.1, 0.15) is 12.4 Å². The summed E-state index contributed by atoms with van der Waals surface area (Å²) in [5, 5.41) is 9.83. The van der Waals surface area contributed by atoms with E-state index < -0.39 is 29.5 Å². The molecule has 0 radical (unpaired) electrons. The van der Waals surface area contributed by atoms with Crippen LogP contribution in [-0.4, -0.2) is 36.6 Å². The second kappa shape index (κ2) is 9.53. The normalized spacial score (nSPS) is 11.3. The monoisotopic (exact) mass is 480 g/mol. The van der Waals surface area contributed by atoms with E-state index in [1.807, 2.05) is 13.8 Å². The van der Waals surface area contributed by atoms with Crippen LogP contribution in [0.1, 0.15) is 25.8 Å². The number of anilines is 1. The summed E-state index contributed by atoms with van der Waals surface area (Å²) in [6.45, 7) is 4.81. The number of para-hydroxylation sites is 1. The number of carbonyl (C=O) groups excluding carboxylic acids is 2. The molecule has 0 atom stereocenters. The maximum absolute atomic E-state index is 13.8. The number of nitrogens with one attached hydrogen (secondary N) is 2. The molecule has 35 heavy (non-hydrogen) atoms. The lowest BCUT2D eigenvalue weighted by molar-refractivity contribution is -0.121. The van der Waals surface area contributed by atoms with Crippen molar-refractivity contribution >= 4 is 34.2 Å². The summed E-state index contributed by atoms with van der Waals surface area (Å²) in [5.74, 6) is -1.28. The molecule has 0 aliphatic carbocycles. The van der Waals surface area contributed by atoms with Gasteiger partial charge in [0.05, 0.1) is 10.9 Å². The molecule has 2 heterocycles. The Morgan fingerprint density at radius 1 is 1.09 bits per heavy atom. The van der Waals surface area contributed by atoms with Crippen molar-refractivity contribution in [1.82, 2.24) is 24.1 Å². The highest BCUT2D eigenvalue weighted by Crippen LogP contribution is 2.14. The number of carbonyl (C=O) groups is 2. The summed E-state index contributed by atoms with van der Waals surface area (Å²) in [7, 11) is 0. The molecular weight excluding hydrogens is 455 g/mol. The van der Waals surface area contributed by atoms with Gasteiger partial charge in [0, 0.05) is 24.7 Å². The minimum atomic E-state index is -0.623. The average molecular weight is 481 g/mol. The highest BCUT2D eigenvalue weighted by atomic mass is 19.1. The molecule has 0 saturated carbocycles. The number of aryl methyl sites for hydroxylation is 2. The van der Waals surface area contributed by atoms with E-state index in [1.165, 1.54) is 21.1 Å². The number of hydrogen-bond acceptors (Lipinski definition) is 5. The number of nitrogens with zero attached hydrogens (tertiary/aromatic N) is 4. The second-order valence-electron chi connectivity index (χ2n) is 8.53. The fourth-order valence-electron chi connectivity index (χ4n) is 3.79. The number of halogens is 1. The predicted octanol–water partition coefficient (Wildman–Crippen LogP) is 1.81. The van der Waals surface area contributed by atoms with Crippen LogP contribution in [0, 0.1) is 12.7 Å². The Morgan fingerprint density at radius 3 is 2.54 bits per heavy atom. The Labute approximate surface area is 199 Å². The van der Waals surface area contributed by atoms with Gasteiger partial charge in [-0.15, -0.1) is 5.10 Å². The van der Waals surface area contributed by atoms with Crippen molar-refractivity contribution in [2.75, 3.05) is 5.32 Å². The molecule has 4 aromatic rings. The first kappa shape index (κ1) is 23.9. The van der Waals surface area contributed by atoms with Gasteiger partial charge in [0.15, 0.2) is 0 Å². The van der Waals surface area contributed by atoms with E-state index in [-0.39, 0.29) is 41.8 Å². The lowest BCUT2D eigenvalue weighted by Crippen LogP contribution is -2.33. The molecule has 2 aromatic heterocycles.